The Morgan fingerprint density at radius 1 is 1.47 bits per heavy atom. The molecule has 1 aromatic carbocycles. The number of hydrogen-bond acceptors (Lipinski definition) is 3. The molecule has 1 aromatic heterocycles. The second kappa shape index (κ2) is 4.97. The van der Waals surface area contributed by atoms with Crippen LogP contribution in [0, 0.1) is 0 Å². The van der Waals surface area contributed by atoms with Gasteiger partial charge in [-0.15, -0.1) is 0 Å². The molecule has 0 aliphatic rings. The summed E-state index contributed by atoms with van der Waals surface area (Å²) in [5.41, 5.74) is 2.03. The van der Waals surface area contributed by atoms with E-state index in [-0.39, 0.29) is 6.54 Å². The molecule has 5 heteroatoms. The summed E-state index contributed by atoms with van der Waals surface area (Å²) in [6.45, 7) is 3.29. The Kier molecular flexibility index (Phi) is 3.39. The Morgan fingerprint density at radius 3 is 2.94 bits per heavy atom. The van der Waals surface area contributed by atoms with Gasteiger partial charge in [-0.05, 0) is 19.1 Å². The number of hydrogen-bond donors (Lipinski definition) is 2. The zero-order valence-electron chi connectivity index (χ0n) is 9.68. The SMILES string of the molecule is CCn1c(CNCC(=O)O)nc2ccccc21. The van der Waals surface area contributed by atoms with E-state index in [0.29, 0.717) is 6.54 Å². The molecule has 0 aliphatic carbocycles. The number of carbonyl (C=O) groups is 1. The molecule has 1 heterocycles. The third-order valence-corrected chi connectivity index (χ3v) is 2.61. The van der Waals surface area contributed by atoms with Crippen LogP contribution in [0.25, 0.3) is 11.0 Å². The normalized spacial score (nSPS) is 10.9. The first-order chi connectivity index (χ1) is 8.22. The maximum absolute atomic E-state index is 10.4. The second-order valence-corrected chi connectivity index (χ2v) is 3.76. The van der Waals surface area contributed by atoms with Crippen LogP contribution in [0.15, 0.2) is 24.3 Å². The minimum Gasteiger partial charge on any atom is -0.480 e. The molecule has 0 saturated carbocycles. The lowest BCUT2D eigenvalue weighted by molar-refractivity contribution is -0.136. The molecule has 0 fully saturated rings. The quantitative estimate of drug-likeness (QED) is 0.815. The highest BCUT2D eigenvalue weighted by Gasteiger charge is 2.08. The average Bonchev–Trinajstić information content (AvgIpc) is 2.66. The van der Waals surface area contributed by atoms with Crippen LogP contribution in [0.5, 0.6) is 0 Å². The molecular weight excluding hydrogens is 218 g/mol. The lowest BCUT2D eigenvalue weighted by Gasteiger charge is -2.05. The van der Waals surface area contributed by atoms with Crippen molar-refractivity contribution in [2.45, 2.75) is 20.0 Å². The molecule has 5 nitrogen and oxygen atoms in total. The Morgan fingerprint density at radius 2 is 2.24 bits per heavy atom. The Labute approximate surface area is 99.1 Å². The van der Waals surface area contributed by atoms with Crippen molar-refractivity contribution in [3.8, 4) is 0 Å². The first kappa shape index (κ1) is 11.6. The van der Waals surface area contributed by atoms with E-state index in [0.717, 1.165) is 23.4 Å². The molecule has 0 radical (unpaired) electrons. The molecule has 17 heavy (non-hydrogen) atoms. The molecule has 0 unspecified atom stereocenters. The van der Waals surface area contributed by atoms with Crippen molar-refractivity contribution in [2.75, 3.05) is 6.54 Å². The summed E-state index contributed by atoms with van der Waals surface area (Å²) in [5, 5.41) is 11.4. The number of aryl methyl sites for hydroxylation is 1. The van der Waals surface area contributed by atoms with Crippen LogP contribution in [-0.2, 0) is 17.9 Å². The zero-order chi connectivity index (χ0) is 12.3. The van der Waals surface area contributed by atoms with Crippen molar-refractivity contribution >= 4 is 17.0 Å². The summed E-state index contributed by atoms with van der Waals surface area (Å²) >= 11 is 0. The molecular formula is C12H15N3O2. The Hall–Kier alpha value is -1.88. The fourth-order valence-electron chi connectivity index (χ4n) is 1.89. The van der Waals surface area contributed by atoms with Gasteiger partial charge in [-0.1, -0.05) is 12.1 Å². The van der Waals surface area contributed by atoms with Gasteiger partial charge in [0, 0.05) is 6.54 Å². The summed E-state index contributed by atoms with van der Waals surface area (Å²) in [6.07, 6.45) is 0. The van der Waals surface area contributed by atoms with Gasteiger partial charge in [-0.2, -0.15) is 0 Å². The first-order valence-electron chi connectivity index (χ1n) is 5.59. The van der Waals surface area contributed by atoms with Crippen LogP contribution in [-0.4, -0.2) is 27.2 Å². The smallest absolute Gasteiger partial charge is 0.317 e. The van der Waals surface area contributed by atoms with Crippen LogP contribution >= 0.6 is 0 Å². The predicted molar refractivity (Wildman–Crippen MR) is 64.7 cm³/mol. The highest BCUT2D eigenvalue weighted by molar-refractivity contribution is 5.75. The number of benzene rings is 1. The maximum atomic E-state index is 10.4. The van der Waals surface area contributed by atoms with Crippen molar-refractivity contribution in [3.63, 3.8) is 0 Å². The third-order valence-electron chi connectivity index (χ3n) is 2.61. The number of carboxylic acid groups (broad SMARTS) is 1. The van der Waals surface area contributed by atoms with Gasteiger partial charge in [-0.25, -0.2) is 4.98 Å². The molecule has 0 atom stereocenters. The van der Waals surface area contributed by atoms with Crippen molar-refractivity contribution in [1.82, 2.24) is 14.9 Å². The summed E-state index contributed by atoms with van der Waals surface area (Å²) < 4.78 is 2.09. The van der Waals surface area contributed by atoms with Gasteiger partial charge in [0.2, 0.25) is 0 Å². The van der Waals surface area contributed by atoms with Crippen LogP contribution in [0.4, 0.5) is 0 Å². The highest BCUT2D eigenvalue weighted by atomic mass is 16.4. The fraction of sp³-hybridized carbons (Fsp3) is 0.333. The summed E-state index contributed by atoms with van der Waals surface area (Å²) in [6, 6.07) is 7.91. The van der Waals surface area contributed by atoms with E-state index < -0.39 is 5.97 Å². The minimum absolute atomic E-state index is 0.0487. The van der Waals surface area contributed by atoms with E-state index in [1.165, 1.54) is 0 Å². The van der Waals surface area contributed by atoms with Crippen molar-refractivity contribution < 1.29 is 9.90 Å². The van der Waals surface area contributed by atoms with Gasteiger partial charge in [0.15, 0.2) is 0 Å². The minimum atomic E-state index is -0.857. The topological polar surface area (TPSA) is 67.2 Å². The van der Waals surface area contributed by atoms with Gasteiger partial charge >= 0.3 is 5.97 Å². The molecule has 0 amide bonds. The molecule has 0 bridgehead atoms. The molecule has 0 spiro atoms. The van der Waals surface area contributed by atoms with Crippen LogP contribution in [0.1, 0.15) is 12.7 Å². The first-order valence-corrected chi connectivity index (χ1v) is 5.59. The standard InChI is InChI=1S/C12H15N3O2/c1-2-15-10-6-4-3-5-9(10)14-11(15)7-13-8-12(16)17/h3-6,13H,2,7-8H2,1H3,(H,16,17). The van der Waals surface area contributed by atoms with Gasteiger partial charge in [0.1, 0.15) is 5.82 Å². The van der Waals surface area contributed by atoms with E-state index in [1.807, 2.05) is 24.3 Å². The number of para-hydroxylation sites is 2. The number of nitrogens with one attached hydrogen (secondary N) is 1. The van der Waals surface area contributed by atoms with Gasteiger partial charge in [-0.3, -0.25) is 10.1 Å². The molecule has 2 N–H and O–H groups in total. The van der Waals surface area contributed by atoms with E-state index in [1.54, 1.807) is 0 Å². The van der Waals surface area contributed by atoms with Crippen molar-refractivity contribution in [1.29, 1.82) is 0 Å². The van der Waals surface area contributed by atoms with Crippen molar-refractivity contribution in [2.24, 2.45) is 0 Å². The van der Waals surface area contributed by atoms with E-state index in [2.05, 4.69) is 21.8 Å². The van der Waals surface area contributed by atoms with Crippen molar-refractivity contribution in [3.05, 3.63) is 30.1 Å². The second-order valence-electron chi connectivity index (χ2n) is 3.76. The van der Waals surface area contributed by atoms with Gasteiger partial charge in [0.05, 0.1) is 24.1 Å². The monoisotopic (exact) mass is 233 g/mol. The average molecular weight is 233 g/mol. The highest BCUT2D eigenvalue weighted by Crippen LogP contribution is 2.15. The van der Waals surface area contributed by atoms with Gasteiger partial charge in [0.25, 0.3) is 0 Å². The summed E-state index contributed by atoms with van der Waals surface area (Å²) in [7, 11) is 0. The van der Waals surface area contributed by atoms with Crippen LogP contribution in [0.3, 0.4) is 0 Å². The molecule has 2 aromatic rings. The lowest BCUT2D eigenvalue weighted by Crippen LogP contribution is -2.23. The van der Waals surface area contributed by atoms with E-state index >= 15 is 0 Å². The van der Waals surface area contributed by atoms with Crippen LogP contribution < -0.4 is 5.32 Å². The molecule has 0 aliphatic heterocycles. The molecule has 2 rings (SSSR count). The zero-order valence-corrected chi connectivity index (χ0v) is 9.68. The summed E-state index contributed by atoms with van der Waals surface area (Å²) in [5.74, 6) is 0.0131. The Balaban J connectivity index is 2.24. The van der Waals surface area contributed by atoms with E-state index in [4.69, 9.17) is 5.11 Å². The largest absolute Gasteiger partial charge is 0.480 e. The number of nitrogens with zero attached hydrogens (tertiary/aromatic N) is 2. The van der Waals surface area contributed by atoms with E-state index in [9.17, 15) is 4.79 Å². The molecule has 0 saturated heterocycles. The number of rotatable bonds is 5. The number of fused-ring (bicyclic) bond motifs is 1. The number of carboxylic acids is 1. The predicted octanol–water partition coefficient (Wildman–Crippen LogP) is 1.23. The van der Waals surface area contributed by atoms with Gasteiger partial charge < -0.3 is 9.67 Å². The Bertz CT molecular complexity index is 534. The number of imidazole rings is 1. The van der Waals surface area contributed by atoms with Crippen LogP contribution in [0.2, 0.25) is 0 Å². The molecule has 90 valence electrons. The summed E-state index contributed by atoms with van der Waals surface area (Å²) in [4.78, 5) is 14.9. The lowest BCUT2D eigenvalue weighted by atomic mass is 10.3. The third kappa shape index (κ3) is 2.45. The number of aromatic nitrogens is 2. The number of aliphatic carboxylic acids is 1. The maximum Gasteiger partial charge on any atom is 0.317 e. The fourth-order valence-corrected chi connectivity index (χ4v) is 1.89.